The van der Waals surface area contributed by atoms with E-state index in [0.29, 0.717) is 6.42 Å². The van der Waals surface area contributed by atoms with E-state index in [1.54, 1.807) is 51.9 Å². The zero-order valence-electron chi connectivity index (χ0n) is 35.4. The molecule has 19 atom stereocenters. The number of aliphatic hydroxyl groups is 6. The SMILES string of the molecule is COC1C(O)CC(=O)OC(C)CC=CC=CC(OC2CC(C)(O)C(O)CO2)C(C)CC(CC=O)C1OC1OC(C)C(OC2CC(C)(O)C(O)C(C)O2)C(N(C)C)C1O. The highest BCUT2D eigenvalue weighted by atomic mass is 16.7. The van der Waals surface area contributed by atoms with Gasteiger partial charge in [-0.15, -0.1) is 0 Å². The molecule has 0 aromatic carbocycles. The fourth-order valence-electron chi connectivity index (χ4n) is 8.38. The van der Waals surface area contributed by atoms with Gasteiger partial charge in [-0.25, -0.2) is 0 Å². The van der Waals surface area contributed by atoms with Crippen LogP contribution in [0.4, 0.5) is 0 Å². The summed E-state index contributed by atoms with van der Waals surface area (Å²) in [5, 5.41) is 66.0. The molecule has 0 aliphatic carbocycles. The minimum atomic E-state index is -1.49. The van der Waals surface area contributed by atoms with Gasteiger partial charge in [-0.3, -0.25) is 4.79 Å². The highest BCUT2D eigenvalue weighted by Gasteiger charge is 2.52. The van der Waals surface area contributed by atoms with E-state index in [0.717, 1.165) is 6.29 Å². The van der Waals surface area contributed by atoms with Gasteiger partial charge in [0.2, 0.25) is 0 Å². The van der Waals surface area contributed by atoms with Gasteiger partial charge < -0.3 is 78.2 Å². The zero-order valence-corrected chi connectivity index (χ0v) is 35.4. The first-order valence-corrected chi connectivity index (χ1v) is 20.4. The summed E-state index contributed by atoms with van der Waals surface area (Å²) in [6.45, 7) is 9.89. The third kappa shape index (κ3) is 12.6. The molecule has 17 heteroatoms. The molecule has 4 aliphatic rings. The first kappa shape index (κ1) is 48.7. The van der Waals surface area contributed by atoms with Crippen LogP contribution in [0.2, 0.25) is 0 Å². The number of hydrogen-bond donors (Lipinski definition) is 6. The van der Waals surface area contributed by atoms with Crippen molar-refractivity contribution >= 4 is 12.3 Å². The minimum absolute atomic E-state index is 0.00536. The van der Waals surface area contributed by atoms with Crippen molar-refractivity contribution in [2.45, 2.75) is 183 Å². The van der Waals surface area contributed by atoms with Crippen LogP contribution in [0.1, 0.15) is 80.1 Å². The maximum Gasteiger partial charge on any atom is 0.308 e. The van der Waals surface area contributed by atoms with Crippen LogP contribution in [-0.4, -0.2) is 179 Å². The maximum atomic E-state index is 13.0. The summed E-state index contributed by atoms with van der Waals surface area (Å²) in [6, 6.07) is -0.760. The summed E-state index contributed by atoms with van der Waals surface area (Å²) in [7, 11) is 4.85. The number of allylic oxidation sites excluding steroid dienone is 2. The van der Waals surface area contributed by atoms with Gasteiger partial charge in [-0.2, -0.15) is 0 Å². The summed E-state index contributed by atoms with van der Waals surface area (Å²) in [6.07, 6.45) is -6.00. The maximum absolute atomic E-state index is 13.0. The number of cyclic esters (lactones) is 1. The molecule has 0 aromatic heterocycles. The van der Waals surface area contributed by atoms with Crippen LogP contribution < -0.4 is 0 Å². The van der Waals surface area contributed by atoms with Gasteiger partial charge in [0.1, 0.15) is 42.9 Å². The Morgan fingerprint density at radius 2 is 1.59 bits per heavy atom. The minimum Gasteiger partial charge on any atom is -0.462 e. The Labute approximate surface area is 342 Å². The Morgan fingerprint density at radius 3 is 2.21 bits per heavy atom. The van der Waals surface area contributed by atoms with Gasteiger partial charge in [0.25, 0.3) is 0 Å². The molecule has 3 fully saturated rings. The molecule has 0 radical (unpaired) electrons. The number of carbonyl (C=O) groups excluding carboxylic acids is 2. The number of hydrogen-bond acceptors (Lipinski definition) is 17. The summed E-state index contributed by atoms with van der Waals surface area (Å²) in [4.78, 5) is 27.2. The fourth-order valence-corrected chi connectivity index (χ4v) is 8.38. The van der Waals surface area contributed by atoms with E-state index in [-0.39, 0.29) is 38.2 Å². The molecule has 58 heavy (non-hydrogen) atoms. The molecule has 4 heterocycles. The number of methoxy groups -OCH3 is 1. The number of likely N-dealkylation sites (N-methyl/N-ethyl adjacent to an activating group) is 1. The van der Waals surface area contributed by atoms with Gasteiger partial charge in [0, 0.05) is 32.8 Å². The Balaban J connectivity index is 1.67. The normalized spacial score (nSPS) is 46.5. The Kier molecular flexibility index (Phi) is 17.8. The molecular formula is C41H69NO16. The number of ether oxygens (including phenoxy) is 8. The first-order chi connectivity index (χ1) is 27.2. The Bertz CT molecular complexity index is 1360. The predicted molar refractivity (Wildman–Crippen MR) is 207 cm³/mol. The predicted octanol–water partition coefficient (Wildman–Crippen LogP) is 0.728. The van der Waals surface area contributed by atoms with E-state index in [4.69, 9.17) is 37.9 Å². The van der Waals surface area contributed by atoms with Gasteiger partial charge >= 0.3 is 5.97 Å². The van der Waals surface area contributed by atoms with Crippen LogP contribution in [0.5, 0.6) is 0 Å². The van der Waals surface area contributed by atoms with E-state index < -0.39 is 122 Å². The van der Waals surface area contributed by atoms with Gasteiger partial charge in [0.15, 0.2) is 18.9 Å². The molecule has 3 saturated heterocycles. The van der Waals surface area contributed by atoms with Crippen molar-refractivity contribution in [3.05, 3.63) is 24.3 Å². The van der Waals surface area contributed by atoms with E-state index in [1.165, 1.54) is 21.0 Å². The molecule has 0 amide bonds. The fraction of sp³-hybridized carbons (Fsp3) is 0.854. The van der Waals surface area contributed by atoms with Crippen molar-refractivity contribution in [1.82, 2.24) is 4.90 Å². The van der Waals surface area contributed by atoms with Crippen LogP contribution in [0.3, 0.4) is 0 Å². The monoisotopic (exact) mass is 831 g/mol. The largest absolute Gasteiger partial charge is 0.462 e. The number of carbonyl (C=O) groups is 2. The highest BCUT2D eigenvalue weighted by molar-refractivity contribution is 5.70. The lowest BCUT2D eigenvalue weighted by Gasteiger charge is -2.50. The standard InChI is InChI=1S/C41H69NO16/c1-22-17-26(15-16-43)36(58-39-34(47)33(42(7)8)35(24(3)55-39)57-32-20-41(6,50)38(48)25(4)54-32)37(51-9)27(44)18-30(46)53-23(2)13-11-10-12-14-28(22)56-31-19-40(5,49)29(45)21-52-31/h10-12,14,16,22-29,31-39,44-45,47-50H,13,15,17-21H2,1-9H3. The van der Waals surface area contributed by atoms with Crippen LogP contribution >= 0.6 is 0 Å². The third-order valence-corrected chi connectivity index (χ3v) is 11.8. The van der Waals surface area contributed by atoms with E-state index in [1.807, 2.05) is 19.1 Å². The first-order valence-electron chi connectivity index (χ1n) is 20.4. The molecule has 334 valence electrons. The number of esters is 1. The smallest absolute Gasteiger partial charge is 0.308 e. The van der Waals surface area contributed by atoms with Crippen molar-refractivity contribution < 1.29 is 78.1 Å². The summed E-state index contributed by atoms with van der Waals surface area (Å²) >= 11 is 0. The zero-order chi connectivity index (χ0) is 43.1. The van der Waals surface area contributed by atoms with Crippen molar-refractivity contribution in [2.24, 2.45) is 11.8 Å². The molecule has 17 nitrogen and oxygen atoms in total. The molecule has 4 aliphatic heterocycles. The average molecular weight is 832 g/mol. The molecule has 6 N–H and O–H groups in total. The van der Waals surface area contributed by atoms with Gasteiger partial charge in [-0.1, -0.05) is 31.2 Å². The van der Waals surface area contributed by atoms with Crippen LogP contribution in [0.15, 0.2) is 24.3 Å². The lowest BCUT2D eigenvalue weighted by molar-refractivity contribution is -0.344. The summed E-state index contributed by atoms with van der Waals surface area (Å²) < 4.78 is 48.8. The highest BCUT2D eigenvalue weighted by Crippen LogP contribution is 2.37. The molecular weight excluding hydrogens is 762 g/mol. The van der Waals surface area contributed by atoms with Gasteiger partial charge in [-0.05, 0) is 67.0 Å². The Morgan fingerprint density at radius 1 is 0.897 bits per heavy atom. The van der Waals surface area contributed by atoms with Crippen LogP contribution in [-0.2, 0) is 47.5 Å². The molecule has 0 spiro atoms. The number of nitrogens with zero attached hydrogens (tertiary/aromatic N) is 1. The van der Waals surface area contributed by atoms with E-state index >= 15 is 0 Å². The summed E-state index contributed by atoms with van der Waals surface area (Å²) in [5.41, 5.74) is -2.94. The van der Waals surface area contributed by atoms with Crippen molar-refractivity contribution in [1.29, 1.82) is 0 Å². The topological polar surface area (TPSA) is 233 Å². The van der Waals surface area contributed by atoms with Crippen LogP contribution in [0, 0.1) is 11.8 Å². The number of aliphatic hydroxyl groups excluding tert-OH is 4. The summed E-state index contributed by atoms with van der Waals surface area (Å²) in [5.74, 6) is -1.73. The van der Waals surface area contributed by atoms with Crippen molar-refractivity contribution in [3.63, 3.8) is 0 Å². The second-order valence-electron chi connectivity index (χ2n) is 17.3. The molecule has 19 unspecified atom stereocenters. The molecule has 0 aromatic rings. The van der Waals surface area contributed by atoms with Gasteiger partial charge in [0.05, 0.1) is 60.8 Å². The third-order valence-electron chi connectivity index (χ3n) is 11.8. The lowest BCUT2D eigenvalue weighted by atomic mass is 9.82. The van der Waals surface area contributed by atoms with E-state index in [2.05, 4.69) is 0 Å². The molecule has 0 saturated carbocycles. The van der Waals surface area contributed by atoms with Crippen LogP contribution in [0.25, 0.3) is 0 Å². The second kappa shape index (κ2) is 21.2. The lowest BCUT2D eigenvalue weighted by Crippen LogP contribution is -2.65. The quantitative estimate of drug-likeness (QED) is 0.132. The average Bonchev–Trinajstić information content (AvgIpc) is 3.12. The Hall–Kier alpha value is -1.94. The molecule has 4 rings (SSSR count). The van der Waals surface area contributed by atoms with E-state index in [9.17, 15) is 40.2 Å². The van der Waals surface area contributed by atoms with Crippen molar-refractivity contribution in [2.75, 3.05) is 27.8 Å². The second-order valence-corrected chi connectivity index (χ2v) is 17.3. The molecule has 0 bridgehead atoms. The number of rotatable bonds is 10. The van der Waals surface area contributed by atoms with Crippen molar-refractivity contribution in [3.8, 4) is 0 Å². The number of aldehydes is 1.